The van der Waals surface area contributed by atoms with Crippen LogP contribution in [0, 0.1) is 0 Å². The van der Waals surface area contributed by atoms with Gasteiger partial charge in [0.2, 0.25) is 5.82 Å². The Labute approximate surface area is 143 Å². The average Bonchev–Trinajstić information content (AvgIpc) is 3.29. The van der Waals surface area contributed by atoms with Gasteiger partial charge in [-0.05, 0) is 36.4 Å². The summed E-state index contributed by atoms with van der Waals surface area (Å²) in [7, 11) is 0. The van der Waals surface area contributed by atoms with Crippen molar-refractivity contribution in [2.24, 2.45) is 0 Å². The Kier molecular flexibility index (Phi) is 3.91. The first-order valence-corrected chi connectivity index (χ1v) is 7.83. The molecule has 0 spiro atoms. The number of aromatic nitrogens is 2. The summed E-state index contributed by atoms with van der Waals surface area (Å²) in [5.41, 5.74) is 2.32. The van der Waals surface area contributed by atoms with Crippen molar-refractivity contribution in [3.8, 4) is 22.8 Å². The Bertz CT molecular complexity index is 877. The molecular formula is C18H15N3O4. The van der Waals surface area contributed by atoms with E-state index in [0.717, 1.165) is 11.1 Å². The highest BCUT2D eigenvalue weighted by atomic mass is 16.6. The Morgan fingerprint density at radius 3 is 2.52 bits per heavy atom. The van der Waals surface area contributed by atoms with Crippen LogP contribution in [0.5, 0.6) is 0 Å². The normalized spacial score (nSPS) is 16.9. The maximum absolute atomic E-state index is 11.8. The molecule has 0 bridgehead atoms. The molecule has 7 nitrogen and oxygen atoms in total. The minimum absolute atomic E-state index is 0.189. The summed E-state index contributed by atoms with van der Waals surface area (Å²) >= 11 is 0. The van der Waals surface area contributed by atoms with Crippen LogP contribution in [0.25, 0.3) is 22.8 Å². The molecule has 1 amide bonds. The molecule has 1 saturated heterocycles. The molecule has 7 heteroatoms. The molecule has 0 aliphatic carbocycles. The van der Waals surface area contributed by atoms with Crippen LogP contribution >= 0.6 is 0 Å². The maximum Gasteiger partial charge on any atom is 0.414 e. The van der Waals surface area contributed by atoms with Crippen molar-refractivity contribution in [2.45, 2.75) is 6.10 Å². The van der Waals surface area contributed by atoms with Gasteiger partial charge >= 0.3 is 6.09 Å². The first-order valence-electron chi connectivity index (χ1n) is 7.83. The number of carbonyl (C=O) groups excluding carboxylic acids is 1. The number of hydrogen-bond donors (Lipinski definition) is 1. The summed E-state index contributed by atoms with van der Waals surface area (Å²) < 4.78 is 10.3. The highest BCUT2D eigenvalue weighted by molar-refractivity contribution is 5.90. The van der Waals surface area contributed by atoms with Crippen LogP contribution < -0.4 is 4.90 Å². The molecule has 0 saturated carbocycles. The Morgan fingerprint density at radius 1 is 1.08 bits per heavy atom. The first-order chi connectivity index (χ1) is 12.2. The van der Waals surface area contributed by atoms with Crippen molar-refractivity contribution in [2.75, 3.05) is 18.1 Å². The molecule has 1 unspecified atom stereocenters. The molecule has 0 radical (unpaired) electrons. The van der Waals surface area contributed by atoms with Crippen LogP contribution in [-0.2, 0) is 4.74 Å². The lowest BCUT2D eigenvalue weighted by molar-refractivity contribution is 0.0963. The van der Waals surface area contributed by atoms with Gasteiger partial charge in [0.15, 0.2) is 0 Å². The molecular weight excluding hydrogens is 322 g/mol. The molecule has 3 aromatic rings. The summed E-state index contributed by atoms with van der Waals surface area (Å²) in [6.07, 6.45) is -0.949. The molecule has 25 heavy (non-hydrogen) atoms. The molecule has 1 aliphatic rings. The number of ether oxygens (including phenoxy) is 1. The number of carbonyl (C=O) groups is 1. The molecule has 1 aromatic heterocycles. The lowest BCUT2D eigenvalue weighted by Gasteiger charge is -2.12. The van der Waals surface area contributed by atoms with E-state index in [0.29, 0.717) is 23.9 Å². The number of nitrogens with zero attached hydrogens (tertiary/aromatic N) is 3. The van der Waals surface area contributed by atoms with Crippen molar-refractivity contribution in [3.05, 3.63) is 54.6 Å². The van der Waals surface area contributed by atoms with E-state index in [-0.39, 0.29) is 6.61 Å². The van der Waals surface area contributed by atoms with E-state index < -0.39 is 12.2 Å². The monoisotopic (exact) mass is 337 g/mol. The third-order valence-corrected chi connectivity index (χ3v) is 3.96. The summed E-state index contributed by atoms with van der Waals surface area (Å²) in [6.45, 7) is 0.139. The summed E-state index contributed by atoms with van der Waals surface area (Å²) in [5.74, 6) is 0.927. The smallest absolute Gasteiger partial charge is 0.414 e. The van der Waals surface area contributed by atoms with Crippen molar-refractivity contribution >= 4 is 11.8 Å². The number of benzene rings is 2. The van der Waals surface area contributed by atoms with Crippen molar-refractivity contribution in [1.29, 1.82) is 0 Å². The van der Waals surface area contributed by atoms with E-state index in [4.69, 9.17) is 14.4 Å². The predicted octanol–water partition coefficient (Wildman–Crippen LogP) is 2.72. The van der Waals surface area contributed by atoms with Crippen LogP contribution in [0.3, 0.4) is 0 Å². The Hall–Kier alpha value is -3.19. The third kappa shape index (κ3) is 2.97. The van der Waals surface area contributed by atoms with Crippen molar-refractivity contribution < 1.29 is 19.2 Å². The molecule has 1 aliphatic heterocycles. The van der Waals surface area contributed by atoms with Crippen LogP contribution in [-0.4, -0.2) is 40.6 Å². The Balaban J connectivity index is 1.55. The second-order valence-electron chi connectivity index (χ2n) is 5.63. The van der Waals surface area contributed by atoms with Crippen molar-refractivity contribution in [3.63, 3.8) is 0 Å². The highest BCUT2D eigenvalue weighted by Crippen LogP contribution is 2.26. The molecule has 4 rings (SSSR count). The molecule has 126 valence electrons. The van der Waals surface area contributed by atoms with Gasteiger partial charge in [0.05, 0.1) is 13.2 Å². The zero-order valence-corrected chi connectivity index (χ0v) is 13.2. The quantitative estimate of drug-likeness (QED) is 0.787. The van der Waals surface area contributed by atoms with Crippen molar-refractivity contribution in [1.82, 2.24) is 10.1 Å². The number of rotatable bonds is 4. The lowest BCUT2D eigenvalue weighted by atomic mass is 10.2. The zero-order valence-electron chi connectivity index (χ0n) is 13.2. The van der Waals surface area contributed by atoms with Gasteiger partial charge in [-0.3, -0.25) is 4.90 Å². The largest absolute Gasteiger partial charge is 0.441 e. The van der Waals surface area contributed by atoms with Crippen LogP contribution in [0.1, 0.15) is 0 Å². The van der Waals surface area contributed by atoms with E-state index in [9.17, 15) is 4.79 Å². The summed E-state index contributed by atoms with van der Waals surface area (Å²) in [6, 6.07) is 16.7. The number of anilines is 1. The van der Waals surface area contributed by atoms with Gasteiger partial charge in [0.25, 0.3) is 5.89 Å². The van der Waals surface area contributed by atoms with Gasteiger partial charge in [-0.25, -0.2) is 4.79 Å². The topological polar surface area (TPSA) is 88.7 Å². The second kappa shape index (κ2) is 6.37. The molecule has 1 fully saturated rings. The fraction of sp³-hybridized carbons (Fsp3) is 0.167. The predicted molar refractivity (Wildman–Crippen MR) is 89.9 cm³/mol. The highest BCUT2D eigenvalue weighted by Gasteiger charge is 2.31. The van der Waals surface area contributed by atoms with Crippen LogP contribution in [0.15, 0.2) is 59.1 Å². The number of hydrogen-bond acceptors (Lipinski definition) is 6. The molecule has 1 atom stereocenters. The van der Waals surface area contributed by atoms with Gasteiger partial charge in [0.1, 0.15) is 6.10 Å². The van der Waals surface area contributed by atoms with Gasteiger partial charge in [-0.2, -0.15) is 4.98 Å². The van der Waals surface area contributed by atoms with E-state index in [1.165, 1.54) is 4.90 Å². The minimum Gasteiger partial charge on any atom is -0.441 e. The fourth-order valence-electron chi connectivity index (χ4n) is 2.66. The zero-order chi connectivity index (χ0) is 17.2. The average molecular weight is 337 g/mol. The summed E-state index contributed by atoms with van der Waals surface area (Å²) in [5, 5.41) is 13.1. The van der Waals surface area contributed by atoms with Gasteiger partial charge < -0.3 is 14.4 Å². The molecule has 2 aromatic carbocycles. The molecule has 1 N–H and O–H groups in total. The number of aliphatic hydroxyl groups is 1. The Morgan fingerprint density at radius 2 is 1.84 bits per heavy atom. The van der Waals surface area contributed by atoms with Gasteiger partial charge in [-0.1, -0.05) is 23.4 Å². The van der Waals surface area contributed by atoms with E-state index in [2.05, 4.69) is 10.1 Å². The minimum atomic E-state index is -0.488. The lowest BCUT2D eigenvalue weighted by Crippen LogP contribution is -2.25. The van der Waals surface area contributed by atoms with E-state index in [1.807, 2.05) is 42.5 Å². The van der Waals surface area contributed by atoms with Gasteiger partial charge in [-0.15, -0.1) is 0 Å². The van der Waals surface area contributed by atoms with Gasteiger partial charge in [0, 0.05) is 16.8 Å². The number of aliphatic hydroxyl groups excluding tert-OH is 1. The maximum atomic E-state index is 11.8. The SMILES string of the molecule is O=C1OC(CO)CN1c1ccc(-c2noc(-c3ccccc3)n2)cc1. The summed E-state index contributed by atoms with van der Waals surface area (Å²) in [4.78, 5) is 17.7. The van der Waals surface area contributed by atoms with E-state index >= 15 is 0 Å². The van der Waals surface area contributed by atoms with Crippen LogP contribution in [0.4, 0.5) is 10.5 Å². The standard InChI is InChI=1S/C18H15N3O4/c22-11-15-10-21(18(23)24-15)14-8-6-12(7-9-14)16-19-17(25-20-16)13-4-2-1-3-5-13/h1-9,15,22H,10-11H2. The van der Waals surface area contributed by atoms with Crippen LogP contribution in [0.2, 0.25) is 0 Å². The second-order valence-corrected chi connectivity index (χ2v) is 5.63. The molecule has 2 heterocycles. The first kappa shape index (κ1) is 15.3. The third-order valence-electron chi connectivity index (χ3n) is 3.96. The number of amides is 1. The fourth-order valence-corrected chi connectivity index (χ4v) is 2.66. The van der Waals surface area contributed by atoms with E-state index in [1.54, 1.807) is 12.1 Å². The number of cyclic esters (lactones) is 1.